The number of imidazole rings is 1. The Labute approximate surface area is 429 Å². The van der Waals surface area contributed by atoms with E-state index in [2.05, 4.69) is 230 Å². The quantitative estimate of drug-likeness (QED) is 0.101. The Balaban J connectivity index is 0.000000264. The van der Waals surface area contributed by atoms with Gasteiger partial charge in [0.05, 0.1) is 36.2 Å². The number of hydrogen-bond donors (Lipinski definition) is 0. The molecule has 0 spiro atoms. The summed E-state index contributed by atoms with van der Waals surface area (Å²) in [4.78, 5) is 15.1. The molecule has 0 aliphatic heterocycles. The molecule has 6 aromatic carbocycles. The molecule has 0 N–H and O–H groups in total. The summed E-state index contributed by atoms with van der Waals surface area (Å²) in [5.41, 5.74) is 15.6. The average molecular weight is 1110 g/mol. The second kappa shape index (κ2) is 20.6. The predicted molar refractivity (Wildman–Crippen MR) is 293 cm³/mol. The SMILES string of the molecule is CC(C)C(C)c1ccc2c(n1)oc1c(-c3nc4ccccc4n3-c3c(-c4ccccc4)cc(C(C)(C)C)cc3-c3ccccc3)[c-]ccc12.CC(C)Cc1cc(-c2[c-]cccc2)ncc1[Si](C)(C)C.[Ir]. The predicted octanol–water partition coefficient (Wildman–Crippen LogP) is 16.5. The zero-order valence-corrected chi connectivity index (χ0v) is 45.9. The summed E-state index contributed by atoms with van der Waals surface area (Å²) in [7, 11) is -1.34. The van der Waals surface area contributed by atoms with Gasteiger partial charge in [-0.1, -0.05) is 170 Å². The first-order chi connectivity index (χ1) is 33.1. The van der Waals surface area contributed by atoms with Crippen molar-refractivity contribution in [3.05, 3.63) is 187 Å². The van der Waals surface area contributed by atoms with Crippen LogP contribution in [0.5, 0.6) is 0 Å². The van der Waals surface area contributed by atoms with Gasteiger partial charge in [-0.15, -0.1) is 54.1 Å². The molecule has 1 radical (unpaired) electrons. The second-order valence-corrected chi connectivity index (χ2v) is 26.4. The Morgan fingerprint density at radius 1 is 0.671 bits per heavy atom. The molecule has 4 heterocycles. The van der Waals surface area contributed by atoms with Crippen LogP contribution >= 0.6 is 0 Å². The molecular weight excluding hydrogens is 1050 g/mol. The van der Waals surface area contributed by atoms with E-state index in [1.807, 2.05) is 24.3 Å². The number of pyridine rings is 2. The number of furan rings is 1. The Morgan fingerprint density at radius 3 is 1.91 bits per heavy atom. The van der Waals surface area contributed by atoms with E-state index in [4.69, 9.17) is 14.4 Å². The third-order valence-corrected chi connectivity index (χ3v) is 15.4. The molecule has 10 rings (SSSR count). The van der Waals surface area contributed by atoms with Crippen LogP contribution in [0.15, 0.2) is 162 Å². The Kier molecular flexibility index (Phi) is 14.8. The molecule has 0 fully saturated rings. The van der Waals surface area contributed by atoms with Crippen LogP contribution in [-0.2, 0) is 31.9 Å². The van der Waals surface area contributed by atoms with Gasteiger partial charge in [0.2, 0.25) is 5.71 Å². The number of benzene rings is 6. The zero-order chi connectivity index (χ0) is 48.6. The first kappa shape index (κ1) is 50.2. The van der Waals surface area contributed by atoms with Gasteiger partial charge in [-0.3, -0.25) is 4.98 Å². The molecule has 7 heteroatoms. The number of para-hydroxylation sites is 2. The van der Waals surface area contributed by atoms with Crippen molar-refractivity contribution in [2.75, 3.05) is 0 Å². The van der Waals surface area contributed by atoms with Crippen LogP contribution in [0.4, 0.5) is 0 Å². The van der Waals surface area contributed by atoms with E-state index in [1.54, 1.807) is 0 Å². The standard InChI is InChI=1S/C45H40N3O.C18H24NSi.Ir/c1-28(2)29(3)38-25-24-34-33-20-15-21-35(42(33)49-44(34)47-38)43-46-39-22-13-14-23-40(39)48(43)41-36(30-16-9-7-10-17-30)26-32(45(4,5)6)27-37(41)31-18-11-8-12-19-31;1-14(2)11-16-12-17(15-9-7-6-8-10-15)19-13-18(16)20(3,4)5;/h7-20,22-29H,1-6H3;6-9,12-14H,11H2,1-5H3;/q2*-1;. The van der Waals surface area contributed by atoms with Crippen LogP contribution in [-0.4, -0.2) is 27.6 Å². The molecule has 5 nitrogen and oxygen atoms in total. The fourth-order valence-electron chi connectivity index (χ4n) is 9.28. The van der Waals surface area contributed by atoms with Crippen molar-refractivity contribution in [1.29, 1.82) is 0 Å². The summed E-state index contributed by atoms with van der Waals surface area (Å²) in [6.45, 7) is 25.3. The minimum atomic E-state index is -1.34. The summed E-state index contributed by atoms with van der Waals surface area (Å²) in [6.07, 6.45) is 3.24. The van der Waals surface area contributed by atoms with E-state index < -0.39 is 8.07 Å². The Hall–Kier alpha value is -6.24. The van der Waals surface area contributed by atoms with Crippen LogP contribution in [0.3, 0.4) is 0 Å². The van der Waals surface area contributed by atoms with Crippen molar-refractivity contribution in [3.8, 4) is 50.6 Å². The third-order valence-electron chi connectivity index (χ3n) is 13.4. The van der Waals surface area contributed by atoms with Gasteiger partial charge in [-0.05, 0) is 87.6 Å². The Bertz CT molecular complexity index is 3340. The summed E-state index contributed by atoms with van der Waals surface area (Å²) >= 11 is 0. The molecule has 1 atom stereocenters. The first-order valence-electron chi connectivity index (χ1n) is 24.5. The number of hydrogen-bond acceptors (Lipinski definition) is 4. The van der Waals surface area contributed by atoms with Crippen molar-refractivity contribution in [2.24, 2.45) is 11.8 Å². The maximum atomic E-state index is 6.69. The molecule has 0 bridgehead atoms. The molecule has 0 amide bonds. The average Bonchev–Trinajstić information content (AvgIpc) is 3.92. The van der Waals surface area contributed by atoms with Crippen molar-refractivity contribution >= 4 is 46.4 Å². The molecule has 0 aliphatic rings. The van der Waals surface area contributed by atoms with E-state index in [9.17, 15) is 0 Å². The van der Waals surface area contributed by atoms with Crippen LogP contribution in [0.25, 0.3) is 83.7 Å². The normalized spacial score (nSPS) is 12.4. The minimum Gasteiger partial charge on any atom is -0.486 e. The van der Waals surface area contributed by atoms with Gasteiger partial charge in [0.15, 0.2) is 0 Å². The van der Waals surface area contributed by atoms with Crippen molar-refractivity contribution < 1.29 is 24.5 Å². The number of aromatic nitrogens is 4. The molecule has 0 saturated carbocycles. The zero-order valence-electron chi connectivity index (χ0n) is 42.5. The minimum absolute atomic E-state index is 0. The van der Waals surface area contributed by atoms with Crippen LogP contribution in [0.1, 0.15) is 78.1 Å². The molecule has 4 aromatic heterocycles. The molecule has 357 valence electrons. The monoisotopic (exact) mass is 1110 g/mol. The van der Waals surface area contributed by atoms with E-state index in [0.29, 0.717) is 23.5 Å². The number of fused-ring (bicyclic) bond motifs is 4. The molecule has 1 unspecified atom stereocenters. The van der Waals surface area contributed by atoms with Crippen LogP contribution in [0, 0.1) is 24.0 Å². The fraction of sp³-hybridized carbons (Fsp3) is 0.254. The van der Waals surface area contributed by atoms with E-state index in [0.717, 1.165) is 90.1 Å². The summed E-state index contributed by atoms with van der Waals surface area (Å²) in [5, 5.41) is 3.50. The van der Waals surface area contributed by atoms with Gasteiger partial charge in [0.25, 0.3) is 0 Å². The third kappa shape index (κ3) is 10.3. The van der Waals surface area contributed by atoms with Gasteiger partial charge >= 0.3 is 0 Å². The molecule has 70 heavy (non-hydrogen) atoms. The van der Waals surface area contributed by atoms with Crippen LogP contribution < -0.4 is 5.19 Å². The van der Waals surface area contributed by atoms with Gasteiger partial charge in [-0.2, -0.15) is 0 Å². The van der Waals surface area contributed by atoms with E-state index in [1.165, 1.54) is 16.3 Å². The summed E-state index contributed by atoms with van der Waals surface area (Å²) in [5.74, 6) is 2.23. The van der Waals surface area contributed by atoms with Crippen molar-refractivity contribution in [2.45, 2.75) is 92.8 Å². The molecule has 0 aliphatic carbocycles. The maximum Gasteiger partial charge on any atom is 0.216 e. The van der Waals surface area contributed by atoms with E-state index >= 15 is 0 Å². The number of nitrogens with zero attached hydrogens (tertiary/aromatic N) is 4. The van der Waals surface area contributed by atoms with Gasteiger partial charge in [0, 0.05) is 54.4 Å². The van der Waals surface area contributed by atoms with E-state index in [-0.39, 0.29) is 25.5 Å². The van der Waals surface area contributed by atoms with Gasteiger partial charge in [0.1, 0.15) is 0 Å². The first-order valence-corrected chi connectivity index (χ1v) is 28.0. The smallest absolute Gasteiger partial charge is 0.216 e. The maximum absolute atomic E-state index is 6.69. The molecule has 10 aromatic rings. The molecule has 0 saturated heterocycles. The van der Waals surface area contributed by atoms with Gasteiger partial charge in [-0.25, -0.2) is 4.98 Å². The Morgan fingerprint density at radius 2 is 1.31 bits per heavy atom. The molecular formula is C63H64IrN4OSi-2. The topological polar surface area (TPSA) is 56.7 Å². The van der Waals surface area contributed by atoms with Crippen molar-refractivity contribution in [1.82, 2.24) is 19.5 Å². The largest absolute Gasteiger partial charge is 0.486 e. The number of rotatable bonds is 10. The van der Waals surface area contributed by atoms with Gasteiger partial charge < -0.3 is 14.0 Å². The summed E-state index contributed by atoms with van der Waals surface area (Å²) in [6, 6.07) is 60.1. The summed E-state index contributed by atoms with van der Waals surface area (Å²) < 4.78 is 9.02. The van der Waals surface area contributed by atoms with Crippen molar-refractivity contribution in [3.63, 3.8) is 0 Å². The van der Waals surface area contributed by atoms with Crippen LogP contribution in [0.2, 0.25) is 19.6 Å². The second-order valence-electron chi connectivity index (χ2n) is 21.3. The fourth-order valence-corrected chi connectivity index (χ4v) is 10.9.